The lowest BCUT2D eigenvalue weighted by Crippen LogP contribution is -2.30. The number of nitrogens with one attached hydrogen (secondary N) is 1. The van der Waals surface area contributed by atoms with Crippen LogP contribution in [0.3, 0.4) is 0 Å². The Hall–Kier alpha value is -1.27. The van der Waals surface area contributed by atoms with Crippen LogP contribution in [0.5, 0.6) is 5.75 Å². The predicted octanol–water partition coefficient (Wildman–Crippen LogP) is 2.42. The van der Waals surface area contributed by atoms with Gasteiger partial charge in [-0.05, 0) is 43.6 Å². The summed E-state index contributed by atoms with van der Waals surface area (Å²) < 4.78 is 40.0. The third kappa shape index (κ3) is 5.38. The molecule has 0 unspecified atom stereocenters. The number of benzene rings is 1. The average Bonchev–Trinajstić information content (AvgIpc) is 2.65. The highest BCUT2D eigenvalue weighted by atomic mass is 19.4. The first-order chi connectivity index (χ1) is 9.53. The van der Waals surface area contributed by atoms with E-state index >= 15 is 0 Å². The van der Waals surface area contributed by atoms with Crippen LogP contribution in [0.25, 0.3) is 0 Å². The first-order valence-corrected chi connectivity index (χ1v) is 6.81. The molecule has 1 saturated heterocycles. The summed E-state index contributed by atoms with van der Waals surface area (Å²) in [5.41, 5.74) is 1.02. The Morgan fingerprint density at radius 2 is 1.85 bits per heavy atom. The minimum absolute atomic E-state index is 0.166. The molecule has 1 aromatic carbocycles. The Morgan fingerprint density at radius 1 is 1.10 bits per heavy atom. The fraction of sp³-hybridized carbons (Fsp3) is 0.571. The van der Waals surface area contributed by atoms with Crippen molar-refractivity contribution in [3.8, 4) is 5.75 Å². The number of halogens is 3. The molecule has 0 radical (unpaired) electrons. The number of hydrogen-bond acceptors (Lipinski definition) is 3. The second-order valence-electron chi connectivity index (χ2n) is 4.89. The van der Waals surface area contributed by atoms with Crippen LogP contribution in [0, 0.1) is 0 Å². The van der Waals surface area contributed by atoms with E-state index in [0.717, 1.165) is 51.1 Å². The molecule has 20 heavy (non-hydrogen) atoms. The smallest absolute Gasteiger partial charge is 0.406 e. The summed E-state index contributed by atoms with van der Waals surface area (Å²) in [6, 6.07) is 6.12. The molecule has 3 nitrogen and oxygen atoms in total. The number of alkyl halides is 3. The van der Waals surface area contributed by atoms with E-state index < -0.39 is 6.36 Å². The Labute approximate surface area is 116 Å². The first-order valence-electron chi connectivity index (χ1n) is 6.81. The maximum absolute atomic E-state index is 12.0. The Balaban J connectivity index is 1.81. The van der Waals surface area contributed by atoms with Crippen molar-refractivity contribution in [1.29, 1.82) is 0 Å². The molecule has 1 fully saturated rings. The number of hydrogen-bond donors (Lipinski definition) is 1. The van der Waals surface area contributed by atoms with Crippen LogP contribution in [-0.2, 0) is 6.42 Å². The van der Waals surface area contributed by atoms with Gasteiger partial charge in [-0.1, -0.05) is 12.1 Å². The molecule has 1 aromatic rings. The van der Waals surface area contributed by atoms with Crippen molar-refractivity contribution in [2.75, 3.05) is 32.7 Å². The van der Waals surface area contributed by atoms with Crippen LogP contribution in [0.15, 0.2) is 24.3 Å². The largest absolute Gasteiger partial charge is 0.573 e. The summed E-state index contributed by atoms with van der Waals surface area (Å²) in [6.07, 6.45) is -2.65. The first kappa shape index (κ1) is 15.1. The van der Waals surface area contributed by atoms with Gasteiger partial charge in [0.1, 0.15) is 5.75 Å². The molecule has 1 N–H and O–H groups in total. The van der Waals surface area contributed by atoms with Gasteiger partial charge >= 0.3 is 6.36 Å². The molecule has 2 rings (SSSR count). The van der Waals surface area contributed by atoms with Gasteiger partial charge in [-0.25, -0.2) is 0 Å². The maximum Gasteiger partial charge on any atom is 0.573 e. The van der Waals surface area contributed by atoms with Gasteiger partial charge in [-0.3, -0.25) is 0 Å². The van der Waals surface area contributed by atoms with Gasteiger partial charge in [0.2, 0.25) is 0 Å². The summed E-state index contributed by atoms with van der Waals surface area (Å²) in [5.74, 6) is -0.166. The highest BCUT2D eigenvalue weighted by molar-refractivity contribution is 5.27. The lowest BCUT2D eigenvalue weighted by molar-refractivity contribution is -0.274. The van der Waals surface area contributed by atoms with Crippen molar-refractivity contribution in [1.82, 2.24) is 10.2 Å². The van der Waals surface area contributed by atoms with Crippen LogP contribution in [0.4, 0.5) is 13.2 Å². The van der Waals surface area contributed by atoms with Gasteiger partial charge in [0.25, 0.3) is 0 Å². The zero-order valence-electron chi connectivity index (χ0n) is 11.2. The fourth-order valence-electron chi connectivity index (χ4n) is 2.27. The van der Waals surface area contributed by atoms with Gasteiger partial charge in [-0.2, -0.15) is 0 Å². The van der Waals surface area contributed by atoms with E-state index in [9.17, 15) is 13.2 Å². The molecule has 0 aromatic heterocycles. The maximum atomic E-state index is 12.0. The molecule has 0 saturated carbocycles. The van der Waals surface area contributed by atoms with Crippen LogP contribution in [0.1, 0.15) is 12.0 Å². The topological polar surface area (TPSA) is 24.5 Å². The SMILES string of the molecule is FC(F)(F)Oc1ccc(CCN2CCCNCC2)cc1. The lowest BCUT2D eigenvalue weighted by Gasteiger charge is -2.19. The predicted molar refractivity (Wildman–Crippen MR) is 70.8 cm³/mol. The summed E-state index contributed by atoms with van der Waals surface area (Å²) in [5, 5.41) is 3.34. The summed E-state index contributed by atoms with van der Waals surface area (Å²) in [6.45, 7) is 5.08. The van der Waals surface area contributed by atoms with E-state index in [1.165, 1.54) is 12.1 Å². The standard InChI is InChI=1S/C14H19F3N2O/c15-14(16,17)20-13-4-2-12(3-5-13)6-10-19-9-1-7-18-8-11-19/h2-5,18H,1,6-11H2. The Morgan fingerprint density at radius 3 is 2.55 bits per heavy atom. The van der Waals surface area contributed by atoms with Crippen molar-refractivity contribution in [3.05, 3.63) is 29.8 Å². The molecule has 112 valence electrons. The lowest BCUT2D eigenvalue weighted by atomic mass is 10.1. The van der Waals surface area contributed by atoms with Gasteiger partial charge < -0.3 is 15.0 Å². The van der Waals surface area contributed by atoms with Gasteiger partial charge in [0, 0.05) is 19.6 Å². The second kappa shape index (κ2) is 6.95. The van der Waals surface area contributed by atoms with Crippen LogP contribution < -0.4 is 10.1 Å². The van der Waals surface area contributed by atoms with E-state index in [4.69, 9.17) is 0 Å². The summed E-state index contributed by atoms with van der Waals surface area (Å²) >= 11 is 0. The summed E-state index contributed by atoms with van der Waals surface area (Å²) in [4.78, 5) is 2.38. The minimum atomic E-state index is -4.62. The van der Waals surface area contributed by atoms with Crippen molar-refractivity contribution >= 4 is 0 Å². The van der Waals surface area contributed by atoms with Gasteiger partial charge in [0.15, 0.2) is 0 Å². The third-order valence-corrected chi connectivity index (χ3v) is 3.31. The molecule has 1 aliphatic rings. The van der Waals surface area contributed by atoms with E-state index in [2.05, 4.69) is 15.0 Å². The number of rotatable bonds is 4. The molecular formula is C14H19F3N2O. The molecule has 0 aliphatic carbocycles. The third-order valence-electron chi connectivity index (χ3n) is 3.31. The van der Waals surface area contributed by atoms with Crippen molar-refractivity contribution < 1.29 is 17.9 Å². The van der Waals surface area contributed by atoms with E-state index in [1.807, 2.05) is 0 Å². The van der Waals surface area contributed by atoms with Crippen LogP contribution >= 0.6 is 0 Å². The number of ether oxygens (including phenoxy) is 1. The van der Waals surface area contributed by atoms with Gasteiger partial charge in [0.05, 0.1) is 0 Å². The molecule has 1 heterocycles. The quantitative estimate of drug-likeness (QED) is 0.921. The highest BCUT2D eigenvalue weighted by Gasteiger charge is 2.30. The van der Waals surface area contributed by atoms with E-state index in [1.54, 1.807) is 12.1 Å². The average molecular weight is 288 g/mol. The second-order valence-corrected chi connectivity index (χ2v) is 4.89. The number of nitrogens with zero attached hydrogens (tertiary/aromatic N) is 1. The van der Waals surface area contributed by atoms with Crippen molar-refractivity contribution in [2.24, 2.45) is 0 Å². The fourth-order valence-corrected chi connectivity index (χ4v) is 2.27. The molecule has 1 aliphatic heterocycles. The van der Waals surface area contributed by atoms with E-state index in [-0.39, 0.29) is 5.75 Å². The monoisotopic (exact) mass is 288 g/mol. The van der Waals surface area contributed by atoms with Crippen molar-refractivity contribution in [2.45, 2.75) is 19.2 Å². The van der Waals surface area contributed by atoms with Crippen LogP contribution in [0.2, 0.25) is 0 Å². The van der Waals surface area contributed by atoms with E-state index in [0.29, 0.717) is 0 Å². The molecule has 0 bridgehead atoms. The zero-order chi connectivity index (χ0) is 14.4. The highest BCUT2D eigenvalue weighted by Crippen LogP contribution is 2.22. The summed E-state index contributed by atoms with van der Waals surface area (Å²) in [7, 11) is 0. The molecular weight excluding hydrogens is 269 g/mol. The molecule has 6 heteroatoms. The van der Waals surface area contributed by atoms with Crippen molar-refractivity contribution in [3.63, 3.8) is 0 Å². The Bertz CT molecular complexity index is 398. The Kier molecular flexibility index (Phi) is 5.25. The molecule has 0 amide bonds. The zero-order valence-corrected chi connectivity index (χ0v) is 11.2. The van der Waals surface area contributed by atoms with Gasteiger partial charge in [-0.15, -0.1) is 13.2 Å². The minimum Gasteiger partial charge on any atom is -0.406 e. The molecule has 0 atom stereocenters. The van der Waals surface area contributed by atoms with Crippen LogP contribution in [-0.4, -0.2) is 44.0 Å². The molecule has 0 spiro atoms. The normalized spacial score (nSPS) is 17.8.